The summed E-state index contributed by atoms with van der Waals surface area (Å²) in [5.74, 6) is -1.38. The molecule has 7 nitrogen and oxygen atoms in total. The third-order valence-electron chi connectivity index (χ3n) is 3.03. The summed E-state index contributed by atoms with van der Waals surface area (Å²) in [7, 11) is 0. The third kappa shape index (κ3) is 4.38. The first-order valence-electron chi connectivity index (χ1n) is 6.51. The summed E-state index contributed by atoms with van der Waals surface area (Å²) in [6, 6.07) is 2.84. The maximum atomic E-state index is 13.1. The Balaban J connectivity index is 1.85. The summed E-state index contributed by atoms with van der Waals surface area (Å²) < 4.78 is 23.4. The Morgan fingerprint density at radius 2 is 2.38 bits per heavy atom. The zero-order valence-corrected chi connectivity index (χ0v) is 11.2. The van der Waals surface area contributed by atoms with Crippen LogP contribution in [-0.4, -0.2) is 36.7 Å². The van der Waals surface area contributed by atoms with E-state index in [4.69, 9.17) is 9.47 Å². The number of hydrogen-bond donors (Lipinski definition) is 1. The van der Waals surface area contributed by atoms with Gasteiger partial charge in [-0.2, -0.15) is 0 Å². The number of benzene rings is 1. The molecule has 114 valence electrons. The SMILES string of the molecule is O=C(COc1cc(F)ccc1[N+](=O)[O-])NC[C@H]1CCCO1. The minimum absolute atomic E-state index is 0.00236. The maximum absolute atomic E-state index is 13.1. The molecule has 2 rings (SSSR count). The van der Waals surface area contributed by atoms with Gasteiger partial charge in [-0.3, -0.25) is 14.9 Å². The zero-order chi connectivity index (χ0) is 15.2. The Kier molecular flexibility index (Phi) is 5.04. The van der Waals surface area contributed by atoms with E-state index in [1.165, 1.54) is 0 Å². The second-order valence-electron chi connectivity index (χ2n) is 4.60. The molecule has 1 aromatic carbocycles. The molecule has 0 unspecified atom stereocenters. The first kappa shape index (κ1) is 15.2. The fourth-order valence-corrected chi connectivity index (χ4v) is 1.98. The Hall–Kier alpha value is -2.22. The van der Waals surface area contributed by atoms with E-state index in [0.717, 1.165) is 31.0 Å². The molecule has 1 atom stereocenters. The first-order chi connectivity index (χ1) is 10.1. The number of nitrogens with zero attached hydrogens (tertiary/aromatic N) is 1. The van der Waals surface area contributed by atoms with Crippen molar-refractivity contribution in [3.63, 3.8) is 0 Å². The normalized spacial score (nSPS) is 17.5. The van der Waals surface area contributed by atoms with Gasteiger partial charge < -0.3 is 14.8 Å². The highest BCUT2D eigenvalue weighted by Crippen LogP contribution is 2.27. The van der Waals surface area contributed by atoms with Crippen molar-refractivity contribution < 1.29 is 23.6 Å². The maximum Gasteiger partial charge on any atom is 0.311 e. The molecule has 0 aromatic heterocycles. The summed E-state index contributed by atoms with van der Waals surface area (Å²) in [6.45, 7) is 0.636. The van der Waals surface area contributed by atoms with Crippen LogP contribution in [0.5, 0.6) is 5.75 Å². The van der Waals surface area contributed by atoms with Crippen LogP contribution in [0.2, 0.25) is 0 Å². The molecule has 1 N–H and O–H groups in total. The lowest BCUT2D eigenvalue weighted by molar-refractivity contribution is -0.385. The van der Waals surface area contributed by atoms with E-state index < -0.39 is 23.3 Å². The summed E-state index contributed by atoms with van der Waals surface area (Å²) in [4.78, 5) is 21.7. The Morgan fingerprint density at radius 3 is 3.05 bits per heavy atom. The number of halogens is 1. The van der Waals surface area contributed by atoms with Gasteiger partial charge in [-0.1, -0.05) is 0 Å². The summed E-state index contributed by atoms with van der Waals surface area (Å²) >= 11 is 0. The molecular weight excluding hydrogens is 283 g/mol. The highest BCUT2D eigenvalue weighted by atomic mass is 19.1. The highest BCUT2D eigenvalue weighted by molar-refractivity contribution is 5.77. The van der Waals surface area contributed by atoms with Gasteiger partial charge in [0.1, 0.15) is 5.82 Å². The van der Waals surface area contributed by atoms with Gasteiger partial charge in [-0.15, -0.1) is 0 Å². The molecule has 1 aliphatic rings. The third-order valence-corrected chi connectivity index (χ3v) is 3.03. The first-order valence-corrected chi connectivity index (χ1v) is 6.51. The van der Waals surface area contributed by atoms with Crippen LogP contribution in [0.15, 0.2) is 18.2 Å². The molecule has 0 bridgehead atoms. The van der Waals surface area contributed by atoms with Crippen LogP contribution < -0.4 is 10.1 Å². The van der Waals surface area contributed by atoms with Crippen LogP contribution in [0, 0.1) is 15.9 Å². The van der Waals surface area contributed by atoms with Gasteiger partial charge >= 0.3 is 5.69 Å². The number of hydrogen-bond acceptors (Lipinski definition) is 5. The van der Waals surface area contributed by atoms with Crippen molar-refractivity contribution in [1.82, 2.24) is 5.32 Å². The molecule has 1 amide bonds. The minimum atomic E-state index is -0.695. The molecule has 1 heterocycles. The van der Waals surface area contributed by atoms with Crippen LogP contribution in [0.1, 0.15) is 12.8 Å². The molecule has 0 saturated carbocycles. The Morgan fingerprint density at radius 1 is 1.57 bits per heavy atom. The van der Waals surface area contributed by atoms with Crippen LogP contribution in [-0.2, 0) is 9.53 Å². The molecule has 1 aromatic rings. The average molecular weight is 298 g/mol. The number of nitro groups is 1. The summed E-state index contributed by atoms with van der Waals surface area (Å²) in [5.41, 5.74) is -0.386. The smallest absolute Gasteiger partial charge is 0.311 e. The van der Waals surface area contributed by atoms with Crippen LogP contribution in [0.25, 0.3) is 0 Å². The van der Waals surface area contributed by atoms with E-state index in [2.05, 4.69) is 5.32 Å². The topological polar surface area (TPSA) is 90.7 Å². The zero-order valence-electron chi connectivity index (χ0n) is 11.2. The van der Waals surface area contributed by atoms with Crippen molar-refractivity contribution >= 4 is 11.6 Å². The quantitative estimate of drug-likeness (QED) is 0.633. The molecule has 8 heteroatoms. The van der Waals surface area contributed by atoms with Gasteiger partial charge in [-0.25, -0.2) is 4.39 Å². The predicted octanol–water partition coefficient (Wildman–Crippen LogP) is 1.41. The molecule has 0 radical (unpaired) electrons. The van der Waals surface area contributed by atoms with E-state index in [1.807, 2.05) is 0 Å². The monoisotopic (exact) mass is 298 g/mol. The van der Waals surface area contributed by atoms with E-state index in [9.17, 15) is 19.3 Å². The standard InChI is InChI=1S/C13H15FN2O5/c14-9-3-4-11(16(18)19)12(6-9)21-8-13(17)15-7-10-2-1-5-20-10/h3-4,6,10H,1-2,5,7-8H2,(H,15,17)/t10-/m1/s1. The molecule has 0 aliphatic carbocycles. The number of rotatable bonds is 6. The second-order valence-corrected chi connectivity index (χ2v) is 4.60. The van der Waals surface area contributed by atoms with Crippen molar-refractivity contribution in [2.24, 2.45) is 0 Å². The Bertz CT molecular complexity index is 531. The number of amides is 1. The van der Waals surface area contributed by atoms with Crippen LogP contribution in [0.4, 0.5) is 10.1 Å². The number of ether oxygens (including phenoxy) is 2. The van der Waals surface area contributed by atoms with Crippen molar-refractivity contribution in [1.29, 1.82) is 0 Å². The molecule has 1 saturated heterocycles. The molecule has 1 fully saturated rings. The van der Waals surface area contributed by atoms with Crippen molar-refractivity contribution in [2.75, 3.05) is 19.8 Å². The van der Waals surface area contributed by atoms with Gasteiger partial charge in [0.2, 0.25) is 5.75 Å². The van der Waals surface area contributed by atoms with Crippen LogP contribution >= 0.6 is 0 Å². The highest BCUT2D eigenvalue weighted by Gasteiger charge is 2.18. The minimum Gasteiger partial charge on any atom is -0.477 e. The lowest BCUT2D eigenvalue weighted by atomic mass is 10.2. The van der Waals surface area contributed by atoms with E-state index in [0.29, 0.717) is 13.2 Å². The summed E-state index contributed by atoms with van der Waals surface area (Å²) in [5, 5.41) is 13.4. The van der Waals surface area contributed by atoms with Crippen LogP contribution in [0.3, 0.4) is 0 Å². The van der Waals surface area contributed by atoms with Gasteiger partial charge in [0, 0.05) is 25.3 Å². The van der Waals surface area contributed by atoms with Gasteiger partial charge in [-0.05, 0) is 18.9 Å². The van der Waals surface area contributed by atoms with E-state index >= 15 is 0 Å². The number of nitrogens with one attached hydrogen (secondary N) is 1. The molecule has 1 aliphatic heterocycles. The molecule has 0 spiro atoms. The van der Waals surface area contributed by atoms with Gasteiger partial charge in [0.25, 0.3) is 5.91 Å². The fourth-order valence-electron chi connectivity index (χ4n) is 1.98. The van der Waals surface area contributed by atoms with E-state index in [-0.39, 0.29) is 17.5 Å². The van der Waals surface area contributed by atoms with E-state index in [1.54, 1.807) is 0 Å². The fraction of sp³-hybridized carbons (Fsp3) is 0.462. The van der Waals surface area contributed by atoms with Gasteiger partial charge in [0.05, 0.1) is 11.0 Å². The lowest BCUT2D eigenvalue weighted by Gasteiger charge is -2.11. The lowest BCUT2D eigenvalue weighted by Crippen LogP contribution is -2.35. The molecule has 21 heavy (non-hydrogen) atoms. The molecular formula is C13H15FN2O5. The Labute approximate surface area is 120 Å². The predicted molar refractivity (Wildman–Crippen MR) is 70.5 cm³/mol. The van der Waals surface area contributed by atoms with Crippen molar-refractivity contribution in [3.05, 3.63) is 34.1 Å². The average Bonchev–Trinajstić information content (AvgIpc) is 2.96. The summed E-state index contributed by atoms with van der Waals surface area (Å²) in [6.07, 6.45) is 1.85. The number of nitro benzene ring substituents is 1. The number of carbonyl (C=O) groups excluding carboxylic acids is 1. The second kappa shape index (κ2) is 6.98. The van der Waals surface area contributed by atoms with Gasteiger partial charge in [0.15, 0.2) is 6.61 Å². The largest absolute Gasteiger partial charge is 0.477 e. The number of carbonyl (C=O) groups is 1. The van der Waals surface area contributed by atoms with Crippen molar-refractivity contribution in [2.45, 2.75) is 18.9 Å². The van der Waals surface area contributed by atoms with Crippen molar-refractivity contribution in [3.8, 4) is 5.75 Å².